The lowest BCUT2D eigenvalue weighted by atomic mass is 10.0. The van der Waals surface area contributed by atoms with E-state index in [4.69, 9.17) is 4.74 Å². The van der Waals surface area contributed by atoms with E-state index in [1.54, 1.807) is 30.0 Å². The van der Waals surface area contributed by atoms with Gasteiger partial charge in [-0.1, -0.05) is 6.07 Å². The third-order valence-corrected chi connectivity index (χ3v) is 5.03. The summed E-state index contributed by atoms with van der Waals surface area (Å²) in [6.45, 7) is 5.53. The van der Waals surface area contributed by atoms with Gasteiger partial charge in [-0.2, -0.15) is 8.78 Å². The van der Waals surface area contributed by atoms with Crippen molar-refractivity contribution in [2.45, 2.75) is 52.3 Å². The molecule has 1 fully saturated rings. The second-order valence-corrected chi connectivity index (χ2v) is 7.16. The summed E-state index contributed by atoms with van der Waals surface area (Å²) in [6, 6.07) is 5.38. The molecule has 0 radical (unpaired) electrons. The summed E-state index contributed by atoms with van der Waals surface area (Å²) in [5.41, 5.74) is 0.682. The minimum atomic E-state index is -2.92. The number of carbonyl (C=O) groups is 1. The van der Waals surface area contributed by atoms with E-state index in [9.17, 15) is 13.6 Å². The first-order chi connectivity index (χ1) is 13.3. The molecule has 2 rings (SSSR count). The second-order valence-electron chi connectivity index (χ2n) is 7.16. The zero-order chi connectivity index (χ0) is 20.7. The number of hydrogen-bond donors (Lipinski definition) is 0. The molecule has 0 atom stereocenters. The third kappa shape index (κ3) is 6.19. The minimum Gasteiger partial charge on any atom is -0.490 e. The molecule has 1 aliphatic rings. The predicted molar refractivity (Wildman–Crippen MR) is 106 cm³/mol. The number of benzene rings is 1. The summed E-state index contributed by atoms with van der Waals surface area (Å²) in [5, 5.41) is 0. The highest BCUT2D eigenvalue weighted by atomic mass is 19.3. The Hall–Kier alpha value is -2.15. The topological polar surface area (TPSA) is 42.0 Å². The number of nitrogens with zero attached hydrogens (tertiary/aromatic N) is 2. The quantitative estimate of drug-likeness (QED) is 0.622. The number of carbonyl (C=O) groups excluding carboxylic acids is 1. The monoisotopic (exact) mass is 396 g/mol. The molecule has 0 N–H and O–H groups in total. The van der Waals surface area contributed by atoms with Crippen LogP contribution in [0.5, 0.6) is 11.5 Å². The van der Waals surface area contributed by atoms with Crippen molar-refractivity contribution in [3.63, 3.8) is 0 Å². The van der Waals surface area contributed by atoms with Crippen LogP contribution in [0.1, 0.15) is 39.2 Å². The molecule has 156 valence electrons. The molecule has 0 spiro atoms. The lowest BCUT2D eigenvalue weighted by Crippen LogP contribution is -2.47. The summed E-state index contributed by atoms with van der Waals surface area (Å²) >= 11 is 0. The highest BCUT2D eigenvalue weighted by Crippen LogP contribution is 2.30. The van der Waals surface area contributed by atoms with Crippen LogP contribution in [0.3, 0.4) is 0 Å². The van der Waals surface area contributed by atoms with Gasteiger partial charge < -0.3 is 19.3 Å². The molecule has 1 aromatic rings. The van der Waals surface area contributed by atoms with E-state index in [1.807, 2.05) is 7.05 Å². The molecule has 1 saturated heterocycles. The van der Waals surface area contributed by atoms with E-state index in [2.05, 4.69) is 23.5 Å². The molecule has 5 nitrogen and oxygen atoms in total. The van der Waals surface area contributed by atoms with Gasteiger partial charge in [0.25, 0.3) is 0 Å². The highest BCUT2D eigenvalue weighted by molar-refractivity contribution is 5.91. The third-order valence-electron chi connectivity index (χ3n) is 5.03. The molecular weight excluding hydrogens is 366 g/mol. The fraction of sp³-hybridized carbons (Fsp3) is 0.571. The number of likely N-dealkylation sites (tertiary alicyclic amines) is 1. The van der Waals surface area contributed by atoms with Crippen molar-refractivity contribution < 1.29 is 23.0 Å². The molecule has 0 bridgehead atoms. The summed E-state index contributed by atoms with van der Waals surface area (Å²) in [7, 11) is 1.83. The SMILES string of the molecule is CCOc1cc(/C=C/C(=O)N(C)C2CCN(C(C)C)CC2)ccc1OC(F)F. The number of likely N-dealkylation sites (N-methyl/N-ethyl adjacent to an activating group) is 1. The van der Waals surface area contributed by atoms with E-state index in [1.165, 1.54) is 12.1 Å². The van der Waals surface area contributed by atoms with E-state index < -0.39 is 6.61 Å². The zero-order valence-electron chi connectivity index (χ0n) is 17.0. The van der Waals surface area contributed by atoms with Crippen LogP contribution in [0, 0.1) is 0 Å². The molecule has 1 aliphatic heterocycles. The van der Waals surface area contributed by atoms with Gasteiger partial charge >= 0.3 is 6.61 Å². The van der Waals surface area contributed by atoms with Crippen molar-refractivity contribution in [3.8, 4) is 11.5 Å². The summed E-state index contributed by atoms with van der Waals surface area (Å²) in [4.78, 5) is 16.7. The maximum absolute atomic E-state index is 12.5. The average molecular weight is 396 g/mol. The standard InChI is InChI=1S/C21H30F2N2O3/c1-5-27-19-14-16(6-8-18(19)28-21(22)23)7-9-20(26)24(4)17-10-12-25(13-11-17)15(2)3/h6-9,14-15,17,21H,5,10-13H2,1-4H3/b9-7+. The summed E-state index contributed by atoms with van der Waals surface area (Å²) < 4.78 is 34.8. The number of amides is 1. The van der Waals surface area contributed by atoms with Gasteiger partial charge in [-0.05, 0) is 57.4 Å². The van der Waals surface area contributed by atoms with Crippen LogP contribution in [0.25, 0.3) is 6.08 Å². The smallest absolute Gasteiger partial charge is 0.387 e. The van der Waals surface area contributed by atoms with Crippen LogP contribution < -0.4 is 9.47 Å². The first kappa shape index (κ1) is 22.1. The molecule has 1 aromatic carbocycles. The number of ether oxygens (including phenoxy) is 2. The summed E-state index contributed by atoms with van der Waals surface area (Å²) in [6.07, 6.45) is 5.09. The van der Waals surface area contributed by atoms with Gasteiger partial charge in [0, 0.05) is 38.3 Å². The van der Waals surface area contributed by atoms with Gasteiger partial charge in [0.1, 0.15) is 0 Å². The van der Waals surface area contributed by atoms with Gasteiger partial charge in [0.05, 0.1) is 6.61 Å². The molecule has 0 unspecified atom stereocenters. The molecule has 0 aromatic heterocycles. The highest BCUT2D eigenvalue weighted by Gasteiger charge is 2.25. The van der Waals surface area contributed by atoms with E-state index >= 15 is 0 Å². The number of hydrogen-bond acceptors (Lipinski definition) is 4. The van der Waals surface area contributed by atoms with E-state index in [-0.39, 0.29) is 23.4 Å². The van der Waals surface area contributed by atoms with Crippen molar-refractivity contribution >= 4 is 12.0 Å². The Bertz CT molecular complexity index is 672. The molecule has 28 heavy (non-hydrogen) atoms. The van der Waals surface area contributed by atoms with Crippen molar-refractivity contribution in [2.24, 2.45) is 0 Å². The maximum Gasteiger partial charge on any atom is 0.387 e. The van der Waals surface area contributed by atoms with Crippen LogP contribution in [0.4, 0.5) is 8.78 Å². The van der Waals surface area contributed by atoms with E-state index in [0.717, 1.165) is 25.9 Å². The van der Waals surface area contributed by atoms with Gasteiger partial charge in [0.15, 0.2) is 11.5 Å². The number of halogens is 2. The van der Waals surface area contributed by atoms with Crippen LogP contribution in [0.15, 0.2) is 24.3 Å². The number of rotatable bonds is 8. The van der Waals surface area contributed by atoms with Crippen molar-refractivity contribution in [3.05, 3.63) is 29.8 Å². The number of piperidine rings is 1. The Kier molecular flexibility index (Phi) is 8.23. The first-order valence-corrected chi connectivity index (χ1v) is 9.72. The average Bonchev–Trinajstić information content (AvgIpc) is 2.67. The zero-order valence-corrected chi connectivity index (χ0v) is 17.0. The van der Waals surface area contributed by atoms with Crippen molar-refractivity contribution in [1.29, 1.82) is 0 Å². The summed E-state index contributed by atoms with van der Waals surface area (Å²) in [5.74, 6) is 0.134. The van der Waals surface area contributed by atoms with Crippen LogP contribution in [0.2, 0.25) is 0 Å². The predicted octanol–water partition coefficient (Wildman–Crippen LogP) is 4.03. The molecule has 0 saturated carbocycles. The Morgan fingerprint density at radius 1 is 1.29 bits per heavy atom. The largest absolute Gasteiger partial charge is 0.490 e. The van der Waals surface area contributed by atoms with Gasteiger partial charge in [0.2, 0.25) is 5.91 Å². The lowest BCUT2D eigenvalue weighted by Gasteiger charge is -2.38. The molecule has 7 heteroatoms. The van der Waals surface area contributed by atoms with Gasteiger partial charge in [-0.15, -0.1) is 0 Å². The normalized spacial score (nSPS) is 16.1. The van der Waals surface area contributed by atoms with Crippen molar-refractivity contribution in [1.82, 2.24) is 9.80 Å². The fourth-order valence-corrected chi connectivity index (χ4v) is 3.34. The Labute approximate surface area is 165 Å². The van der Waals surface area contributed by atoms with E-state index in [0.29, 0.717) is 18.2 Å². The first-order valence-electron chi connectivity index (χ1n) is 9.72. The lowest BCUT2D eigenvalue weighted by molar-refractivity contribution is -0.127. The Morgan fingerprint density at radius 3 is 2.54 bits per heavy atom. The molecular formula is C21H30F2N2O3. The Balaban J connectivity index is 2.00. The van der Waals surface area contributed by atoms with Crippen LogP contribution >= 0.6 is 0 Å². The minimum absolute atomic E-state index is 0.0191. The second kappa shape index (κ2) is 10.4. The Morgan fingerprint density at radius 2 is 1.96 bits per heavy atom. The molecule has 1 heterocycles. The van der Waals surface area contributed by atoms with Crippen LogP contribution in [-0.2, 0) is 4.79 Å². The van der Waals surface area contributed by atoms with Crippen molar-refractivity contribution in [2.75, 3.05) is 26.7 Å². The maximum atomic E-state index is 12.5. The number of alkyl halides is 2. The van der Waals surface area contributed by atoms with Crippen LogP contribution in [-0.4, -0.2) is 61.1 Å². The van der Waals surface area contributed by atoms with Gasteiger partial charge in [-0.3, -0.25) is 4.79 Å². The fourth-order valence-electron chi connectivity index (χ4n) is 3.34. The molecule has 0 aliphatic carbocycles. The van der Waals surface area contributed by atoms with Gasteiger partial charge in [-0.25, -0.2) is 0 Å². The molecule has 1 amide bonds.